The second-order valence-corrected chi connectivity index (χ2v) is 7.44. The van der Waals surface area contributed by atoms with Gasteiger partial charge >= 0.3 is 0 Å². The van der Waals surface area contributed by atoms with Crippen LogP contribution in [-0.2, 0) is 9.84 Å². The third kappa shape index (κ3) is 4.48. The summed E-state index contributed by atoms with van der Waals surface area (Å²) < 4.78 is 23.7. The normalized spacial score (nSPS) is 13.4. The summed E-state index contributed by atoms with van der Waals surface area (Å²) in [4.78, 5) is 0. The van der Waals surface area contributed by atoms with Crippen molar-refractivity contribution < 1.29 is 8.42 Å². The second-order valence-electron chi connectivity index (χ2n) is 3.85. The van der Waals surface area contributed by atoms with Crippen LogP contribution >= 0.6 is 27.5 Å². The topological polar surface area (TPSA) is 46.2 Å². The molecule has 0 aliphatic carbocycles. The predicted octanol–water partition coefficient (Wildman–Crippen LogP) is 3.34. The van der Waals surface area contributed by atoms with Crippen LogP contribution in [0.4, 0.5) is 5.69 Å². The fourth-order valence-electron chi connectivity index (χ4n) is 1.42. The Bertz CT molecular complexity index is 490. The summed E-state index contributed by atoms with van der Waals surface area (Å²) >= 11 is 9.31. The lowest BCUT2D eigenvalue weighted by Crippen LogP contribution is -2.26. The van der Waals surface area contributed by atoms with Crippen LogP contribution in [0.25, 0.3) is 0 Å². The van der Waals surface area contributed by atoms with Crippen molar-refractivity contribution in [3.8, 4) is 0 Å². The van der Waals surface area contributed by atoms with Crippen LogP contribution in [0, 0.1) is 0 Å². The first-order valence-corrected chi connectivity index (χ1v) is 8.26. The Kier molecular flexibility index (Phi) is 5.28. The molecular formula is C11H15BrClNO2S. The molecule has 0 amide bonds. The Morgan fingerprint density at radius 1 is 1.47 bits per heavy atom. The third-order valence-electron chi connectivity index (χ3n) is 2.30. The fraction of sp³-hybridized carbons (Fsp3) is 0.455. The minimum absolute atomic E-state index is 0.114. The van der Waals surface area contributed by atoms with Gasteiger partial charge in [-0.3, -0.25) is 0 Å². The Labute approximate surface area is 116 Å². The molecule has 0 bridgehead atoms. The molecule has 1 unspecified atom stereocenters. The van der Waals surface area contributed by atoms with E-state index in [0.717, 1.165) is 10.2 Å². The monoisotopic (exact) mass is 339 g/mol. The Balaban J connectivity index is 2.75. The summed E-state index contributed by atoms with van der Waals surface area (Å²) in [5, 5.41) is 3.73. The first-order valence-electron chi connectivity index (χ1n) is 5.26. The highest BCUT2D eigenvalue weighted by molar-refractivity contribution is 9.10. The molecule has 0 aromatic heterocycles. The molecule has 96 valence electrons. The van der Waals surface area contributed by atoms with Crippen LogP contribution in [0.2, 0.25) is 5.02 Å². The zero-order valence-corrected chi connectivity index (χ0v) is 12.9. The molecule has 0 fully saturated rings. The van der Waals surface area contributed by atoms with Crippen LogP contribution < -0.4 is 5.32 Å². The summed E-state index contributed by atoms with van der Waals surface area (Å²) in [7, 11) is -2.97. The van der Waals surface area contributed by atoms with E-state index in [1.807, 2.05) is 19.1 Å². The standard InChI is InChI=1S/C11H15BrClNO2S/c1-3-17(15,16)7-8(2)14-10-6-4-5-9(13)11(10)12/h4-6,8,14H,3,7H2,1-2H3. The smallest absolute Gasteiger partial charge is 0.152 e. The van der Waals surface area contributed by atoms with Gasteiger partial charge in [-0.25, -0.2) is 8.42 Å². The highest BCUT2D eigenvalue weighted by Crippen LogP contribution is 2.30. The lowest BCUT2D eigenvalue weighted by atomic mass is 10.3. The maximum atomic E-state index is 11.5. The van der Waals surface area contributed by atoms with Crippen LogP contribution in [0.3, 0.4) is 0 Å². The van der Waals surface area contributed by atoms with E-state index in [-0.39, 0.29) is 17.5 Å². The van der Waals surface area contributed by atoms with Crippen molar-refractivity contribution in [1.82, 2.24) is 0 Å². The average Bonchev–Trinajstić information content (AvgIpc) is 2.24. The Morgan fingerprint density at radius 3 is 2.71 bits per heavy atom. The third-order valence-corrected chi connectivity index (χ3v) is 5.58. The van der Waals surface area contributed by atoms with E-state index in [1.165, 1.54) is 0 Å². The zero-order chi connectivity index (χ0) is 13.1. The molecule has 0 radical (unpaired) electrons. The number of hydrogen-bond acceptors (Lipinski definition) is 3. The first kappa shape index (κ1) is 14.8. The lowest BCUT2D eigenvalue weighted by Gasteiger charge is -2.16. The molecule has 1 aromatic rings. The Morgan fingerprint density at radius 2 is 2.12 bits per heavy atom. The summed E-state index contributed by atoms with van der Waals surface area (Å²) in [6.07, 6.45) is 0. The van der Waals surface area contributed by atoms with Crippen molar-refractivity contribution in [3.63, 3.8) is 0 Å². The van der Waals surface area contributed by atoms with E-state index in [1.54, 1.807) is 13.0 Å². The molecule has 0 heterocycles. The molecule has 0 saturated carbocycles. The summed E-state index contributed by atoms with van der Waals surface area (Å²) in [6.45, 7) is 3.48. The quantitative estimate of drug-likeness (QED) is 0.894. The highest BCUT2D eigenvalue weighted by Gasteiger charge is 2.14. The lowest BCUT2D eigenvalue weighted by molar-refractivity contribution is 0.593. The van der Waals surface area contributed by atoms with Gasteiger partial charge in [-0.2, -0.15) is 0 Å². The summed E-state index contributed by atoms with van der Waals surface area (Å²) in [5.41, 5.74) is 0.802. The van der Waals surface area contributed by atoms with E-state index in [2.05, 4.69) is 21.2 Å². The molecule has 1 rings (SSSR count). The van der Waals surface area contributed by atoms with Gasteiger partial charge in [0.05, 0.1) is 20.9 Å². The number of halogens is 2. The number of hydrogen-bond donors (Lipinski definition) is 1. The van der Waals surface area contributed by atoms with Crippen molar-refractivity contribution in [1.29, 1.82) is 0 Å². The van der Waals surface area contributed by atoms with E-state index < -0.39 is 9.84 Å². The second kappa shape index (κ2) is 6.07. The number of rotatable bonds is 5. The minimum atomic E-state index is -2.97. The molecule has 1 aromatic carbocycles. The van der Waals surface area contributed by atoms with Gasteiger partial charge in [0, 0.05) is 11.8 Å². The summed E-state index contributed by atoms with van der Waals surface area (Å²) in [5.74, 6) is 0.276. The van der Waals surface area contributed by atoms with Crippen molar-refractivity contribution in [2.75, 3.05) is 16.8 Å². The Hall–Kier alpha value is -0.260. The first-order chi connectivity index (χ1) is 7.85. The maximum absolute atomic E-state index is 11.5. The molecule has 0 aliphatic rings. The van der Waals surface area contributed by atoms with Gasteiger partial charge in [-0.05, 0) is 35.0 Å². The summed E-state index contributed by atoms with van der Waals surface area (Å²) in [6, 6.07) is 5.28. The SMILES string of the molecule is CCS(=O)(=O)CC(C)Nc1cccc(Cl)c1Br. The predicted molar refractivity (Wildman–Crippen MR) is 76.6 cm³/mol. The van der Waals surface area contributed by atoms with Crippen molar-refractivity contribution >= 4 is 43.1 Å². The molecule has 0 spiro atoms. The van der Waals surface area contributed by atoms with E-state index in [9.17, 15) is 8.42 Å². The number of anilines is 1. The van der Waals surface area contributed by atoms with E-state index in [0.29, 0.717) is 5.02 Å². The largest absolute Gasteiger partial charge is 0.381 e. The van der Waals surface area contributed by atoms with Gasteiger partial charge in [0.1, 0.15) is 0 Å². The average molecular weight is 341 g/mol. The van der Waals surface area contributed by atoms with E-state index in [4.69, 9.17) is 11.6 Å². The molecule has 6 heteroatoms. The molecule has 1 atom stereocenters. The van der Waals surface area contributed by atoms with Gasteiger partial charge < -0.3 is 5.32 Å². The van der Waals surface area contributed by atoms with Crippen molar-refractivity contribution in [2.45, 2.75) is 19.9 Å². The van der Waals surface area contributed by atoms with Crippen LogP contribution in [-0.4, -0.2) is 26.0 Å². The van der Waals surface area contributed by atoms with Crippen LogP contribution in [0.1, 0.15) is 13.8 Å². The molecule has 3 nitrogen and oxygen atoms in total. The number of nitrogens with one attached hydrogen (secondary N) is 1. The zero-order valence-electron chi connectivity index (χ0n) is 9.70. The van der Waals surface area contributed by atoms with E-state index >= 15 is 0 Å². The van der Waals surface area contributed by atoms with Crippen molar-refractivity contribution in [3.05, 3.63) is 27.7 Å². The van der Waals surface area contributed by atoms with Gasteiger partial charge in [0.2, 0.25) is 0 Å². The molecule has 0 saturated heterocycles. The maximum Gasteiger partial charge on any atom is 0.152 e. The molecule has 1 N–H and O–H groups in total. The van der Waals surface area contributed by atoms with Gasteiger partial charge in [-0.15, -0.1) is 0 Å². The minimum Gasteiger partial charge on any atom is -0.381 e. The van der Waals surface area contributed by atoms with Crippen LogP contribution in [0.5, 0.6) is 0 Å². The molecular weight excluding hydrogens is 326 g/mol. The fourth-order valence-corrected chi connectivity index (χ4v) is 3.06. The van der Waals surface area contributed by atoms with Gasteiger partial charge in [-0.1, -0.05) is 24.6 Å². The number of benzene rings is 1. The highest BCUT2D eigenvalue weighted by atomic mass is 79.9. The number of sulfone groups is 1. The van der Waals surface area contributed by atoms with Gasteiger partial charge in [0.25, 0.3) is 0 Å². The molecule has 17 heavy (non-hydrogen) atoms. The van der Waals surface area contributed by atoms with Crippen LogP contribution in [0.15, 0.2) is 22.7 Å². The van der Waals surface area contributed by atoms with Gasteiger partial charge in [0.15, 0.2) is 9.84 Å². The van der Waals surface area contributed by atoms with Crippen molar-refractivity contribution in [2.24, 2.45) is 0 Å². The molecule has 0 aliphatic heterocycles.